The Bertz CT molecular complexity index is 765. The van der Waals surface area contributed by atoms with Gasteiger partial charge in [0.05, 0.1) is 14.2 Å². The first-order valence-corrected chi connectivity index (χ1v) is 9.46. The molecule has 1 fully saturated rings. The Labute approximate surface area is 185 Å². The van der Waals surface area contributed by atoms with E-state index >= 15 is 0 Å². The molecule has 0 amide bonds. The van der Waals surface area contributed by atoms with E-state index in [1.165, 1.54) is 11.1 Å². The molecule has 6 heteroatoms. The van der Waals surface area contributed by atoms with E-state index in [2.05, 4.69) is 33.4 Å². The molecule has 0 aromatic heterocycles. The molecule has 1 saturated heterocycles. The van der Waals surface area contributed by atoms with E-state index in [9.17, 15) is 0 Å². The standard InChI is InChI=1S/C22H29N3O2.HI/c1-23-22(24-14-12-18-6-4-5-7-21(18)27-3)25-15-13-19(16-25)17-8-10-20(26-2)11-9-17;/h4-11,19H,12-16H2,1-3H3,(H,23,24);1H. The summed E-state index contributed by atoms with van der Waals surface area (Å²) in [6.07, 6.45) is 2.04. The van der Waals surface area contributed by atoms with Gasteiger partial charge in [0.1, 0.15) is 11.5 Å². The van der Waals surface area contributed by atoms with Gasteiger partial charge in [-0.2, -0.15) is 0 Å². The van der Waals surface area contributed by atoms with Crippen LogP contribution in [0.15, 0.2) is 53.5 Å². The molecule has 0 bridgehead atoms. The second-order valence-corrected chi connectivity index (χ2v) is 6.74. The molecule has 2 aromatic carbocycles. The van der Waals surface area contributed by atoms with Crippen LogP contribution in [0, 0.1) is 0 Å². The van der Waals surface area contributed by atoms with Gasteiger partial charge in [0.15, 0.2) is 5.96 Å². The van der Waals surface area contributed by atoms with Gasteiger partial charge in [-0.05, 0) is 42.2 Å². The molecule has 1 aliphatic heterocycles. The predicted molar refractivity (Wildman–Crippen MR) is 125 cm³/mol. The fourth-order valence-electron chi connectivity index (χ4n) is 3.65. The van der Waals surface area contributed by atoms with Crippen molar-refractivity contribution < 1.29 is 9.47 Å². The van der Waals surface area contributed by atoms with Crippen molar-refractivity contribution in [2.45, 2.75) is 18.8 Å². The van der Waals surface area contributed by atoms with Gasteiger partial charge in [-0.25, -0.2) is 0 Å². The summed E-state index contributed by atoms with van der Waals surface area (Å²) in [4.78, 5) is 6.82. The maximum absolute atomic E-state index is 5.43. The second-order valence-electron chi connectivity index (χ2n) is 6.74. The lowest BCUT2D eigenvalue weighted by Crippen LogP contribution is -2.40. The Hall–Kier alpha value is -1.96. The zero-order valence-electron chi connectivity index (χ0n) is 16.9. The van der Waals surface area contributed by atoms with E-state index in [4.69, 9.17) is 9.47 Å². The second kappa shape index (κ2) is 11.1. The minimum Gasteiger partial charge on any atom is -0.497 e. The van der Waals surface area contributed by atoms with Gasteiger partial charge in [-0.1, -0.05) is 30.3 Å². The number of guanidine groups is 1. The van der Waals surface area contributed by atoms with Crippen molar-refractivity contribution in [3.63, 3.8) is 0 Å². The number of aliphatic imine (C=N–C) groups is 1. The van der Waals surface area contributed by atoms with E-state index in [0.717, 1.165) is 49.9 Å². The number of likely N-dealkylation sites (tertiary alicyclic amines) is 1. The van der Waals surface area contributed by atoms with Gasteiger partial charge in [-0.15, -0.1) is 24.0 Å². The summed E-state index contributed by atoms with van der Waals surface area (Å²) < 4.78 is 10.7. The molecule has 0 radical (unpaired) electrons. The van der Waals surface area contributed by atoms with E-state index in [1.807, 2.05) is 37.4 Å². The lowest BCUT2D eigenvalue weighted by molar-refractivity contribution is 0.409. The van der Waals surface area contributed by atoms with E-state index in [-0.39, 0.29) is 24.0 Å². The van der Waals surface area contributed by atoms with Crippen molar-refractivity contribution in [2.24, 2.45) is 4.99 Å². The molecule has 3 rings (SSSR count). The molecule has 1 N–H and O–H groups in total. The number of halogens is 1. The van der Waals surface area contributed by atoms with Crippen molar-refractivity contribution in [1.82, 2.24) is 10.2 Å². The third-order valence-corrected chi connectivity index (χ3v) is 5.16. The molecule has 5 nitrogen and oxygen atoms in total. The number of ether oxygens (including phenoxy) is 2. The molecule has 0 aliphatic carbocycles. The molecule has 0 spiro atoms. The molecule has 0 saturated carbocycles. The van der Waals surface area contributed by atoms with Crippen LogP contribution < -0.4 is 14.8 Å². The first kappa shape index (κ1) is 22.3. The highest BCUT2D eigenvalue weighted by Crippen LogP contribution is 2.28. The SMILES string of the molecule is CN=C(NCCc1ccccc1OC)N1CCC(c2ccc(OC)cc2)C1.I. The molecule has 1 atom stereocenters. The van der Waals surface area contributed by atoms with Crippen LogP contribution in [-0.4, -0.2) is 51.8 Å². The monoisotopic (exact) mass is 495 g/mol. The summed E-state index contributed by atoms with van der Waals surface area (Å²) in [5.74, 6) is 3.35. The quantitative estimate of drug-likeness (QED) is 0.375. The van der Waals surface area contributed by atoms with E-state index in [1.54, 1.807) is 14.2 Å². The van der Waals surface area contributed by atoms with Gasteiger partial charge < -0.3 is 19.7 Å². The number of rotatable bonds is 6. The number of nitrogens with zero attached hydrogens (tertiary/aromatic N) is 2. The third-order valence-electron chi connectivity index (χ3n) is 5.16. The van der Waals surface area contributed by atoms with E-state index in [0.29, 0.717) is 5.92 Å². The summed E-state index contributed by atoms with van der Waals surface area (Å²) in [6, 6.07) is 16.6. The van der Waals surface area contributed by atoms with Crippen molar-refractivity contribution >= 4 is 29.9 Å². The minimum atomic E-state index is 0. The van der Waals surface area contributed by atoms with Crippen molar-refractivity contribution in [1.29, 1.82) is 0 Å². The number of benzene rings is 2. The van der Waals surface area contributed by atoms with Crippen molar-refractivity contribution in [3.8, 4) is 11.5 Å². The predicted octanol–water partition coefficient (Wildman–Crippen LogP) is 3.93. The lowest BCUT2D eigenvalue weighted by Gasteiger charge is -2.22. The van der Waals surface area contributed by atoms with Gasteiger partial charge in [0.2, 0.25) is 0 Å². The van der Waals surface area contributed by atoms with Crippen LogP contribution in [0.1, 0.15) is 23.5 Å². The minimum absolute atomic E-state index is 0. The highest BCUT2D eigenvalue weighted by atomic mass is 127. The topological polar surface area (TPSA) is 46.1 Å². The van der Waals surface area contributed by atoms with Crippen LogP contribution in [0.5, 0.6) is 11.5 Å². The van der Waals surface area contributed by atoms with Crippen LogP contribution in [0.2, 0.25) is 0 Å². The number of hydrogen-bond donors (Lipinski definition) is 1. The van der Waals surface area contributed by atoms with Gasteiger partial charge in [0, 0.05) is 32.6 Å². The average Bonchev–Trinajstić information content (AvgIpc) is 3.21. The average molecular weight is 495 g/mol. The maximum Gasteiger partial charge on any atom is 0.193 e. The third kappa shape index (κ3) is 5.53. The Balaban J connectivity index is 0.00000280. The Kier molecular flexibility index (Phi) is 8.89. The molecular weight excluding hydrogens is 465 g/mol. The molecular formula is C22H30IN3O2. The first-order chi connectivity index (χ1) is 13.2. The number of para-hydroxylation sites is 1. The zero-order chi connectivity index (χ0) is 19.1. The number of methoxy groups -OCH3 is 2. The van der Waals surface area contributed by atoms with Crippen LogP contribution in [0.4, 0.5) is 0 Å². The summed E-state index contributed by atoms with van der Waals surface area (Å²) in [7, 11) is 5.27. The number of hydrogen-bond acceptors (Lipinski definition) is 3. The first-order valence-electron chi connectivity index (χ1n) is 9.46. The van der Waals surface area contributed by atoms with Crippen molar-refractivity contribution in [3.05, 3.63) is 59.7 Å². The van der Waals surface area contributed by atoms with Crippen LogP contribution in [0.3, 0.4) is 0 Å². The smallest absolute Gasteiger partial charge is 0.193 e. The van der Waals surface area contributed by atoms with E-state index < -0.39 is 0 Å². The molecule has 2 aromatic rings. The lowest BCUT2D eigenvalue weighted by atomic mass is 9.98. The summed E-state index contributed by atoms with van der Waals surface area (Å²) in [5.41, 5.74) is 2.57. The normalized spacial score (nSPS) is 16.5. The summed E-state index contributed by atoms with van der Waals surface area (Å²) in [5, 5.41) is 3.50. The van der Waals surface area contributed by atoms with Crippen LogP contribution in [-0.2, 0) is 6.42 Å². The van der Waals surface area contributed by atoms with Crippen molar-refractivity contribution in [2.75, 3.05) is 40.9 Å². The Morgan fingerprint density at radius 2 is 1.86 bits per heavy atom. The Morgan fingerprint density at radius 1 is 1.11 bits per heavy atom. The molecule has 1 heterocycles. The number of nitrogens with one attached hydrogen (secondary N) is 1. The molecule has 1 aliphatic rings. The van der Waals surface area contributed by atoms with Gasteiger partial charge in [0.25, 0.3) is 0 Å². The highest BCUT2D eigenvalue weighted by Gasteiger charge is 2.26. The largest absolute Gasteiger partial charge is 0.497 e. The summed E-state index contributed by atoms with van der Waals surface area (Å²) >= 11 is 0. The fraction of sp³-hybridized carbons (Fsp3) is 0.409. The van der Waals surface area contributed by atoms with Crippen LogP contribution >= 0.6 is 24.0 Å². The fourth-order valence-corrected chi connectivity index (χ4v) is 3.65. The molecule has 28 heavy (non-hydrogen) atoms. The molecule has 1 unspecified atom stereocenters. The summed E-state index contributed by atoms with van der Waals surface area (Å²) in [6.45, 7) is 2.84. The van der Waals surface area contributed by atoms with Crippen LogP contribution in [0.25, 0.3) is 0 Å². The Morgan fingerprint density at radius 3 is 2.54 bits per heavy atom. The van der Waals surface area contributed by atoms with Gasteiger partial charge in [-0.3, -0.25) is 4.99 Å². The zero-order valence-corrected chi connectivity index (χ0v) is 19.2. The van der Waals surface area contributed by atoms with Gasteiger partial charge >= 0.3 is 0 Å². The molecule has 152 valence electrons. The highest BCUT2D eigenvalue weighted by molar-refractivity contribution is 14.0. The maximum atomic E-state index is 5.43.